The minimum Gasteiger partial charge on any atom is -0.389 e. The molecule has 0 radical (unpaired) electrons. The Morgan fingerprint density at radius 3 is 2.72 bits per heavy atom. The second kappa shape index (κ2) is 8.97. The van der Waals surface area contributed by atoms with Crippen LogP contribution in [0.4, 0.5) is 17.3 Å². The van der Waals surface area contributed by atoms with E-state index in [9.17, 15) is 5.11 Å². The quantitative estimate of drug-likeness (QED) is 0.312. The van der Waals surface area contributed by atoms with Crippen LogP contribution in [-0.4, -0.2) is 45.8 Å². The Labute approximate surface area is 207 Å². The number of hydrogen-bond acceptors (Lipinski definition) is 9. The summed E-state index contributed by atoms with van der Waals surface area (Å²) in [4.78, 5) is 18.2. The van der Waals surface area contributed by atoms with Gasteiger partial charge in [-0.25, -0.2) is 19.9 Å². The maximum atomic E-state index is 10.5. The van der Waals surface area contributed by atoms with Gasteiger partial charge in [0.25, 0.3) is 0 Å². The zero-order chi connectivity index (χ0) is 24.6. The van der Waals surface area contributed by atoms with E-state index in [0.29, 0.717) is 28.9 Å². The number of pyridine rings is 1. The van der Waals surface area contributed by atoms with Crippen molar-refractivity contribution in [3.05, 3.63) is 72.6 Å². The normalized spacial score (nSPS) is 14.1. The van der Waals surface area contributed by atoms with Crippen molar-refractivity contribution in [1.82, 2.24) is 34.7 Å². The molecule has 1 saturated carbocycles. The maximum Gasteiger partial charge on any atom is 0.153 e. The highest BCUT2D eigenvalue weighted by Gasteiger charge is 2.24. The van der Waals surface area contributed by atoms with Crippen molar-refractivity contribution in [2.45, 2.75) is 38.8 Å². The van der Waals surface area contributed by atoms with Gasteiger partial charge < -0.3 is 15.7 Å². The minimum atomic E-state index is -0.700. The number of benzene rings is 1. The van der Waals surface area contributed by atoms with Gasteiger partial charge in [0.05, 0.1) is 34.1 Å². The van der Waals surface area contributed by atoms with Crippen molar-refractivity contribution in [2.24, 2.45) is 0 Å². The van der Waals surface area contributed by atoms with E-state index in [2.05, 4.69) is 35.8 Å². The van der Waals surface area contributed by atoms with Crippen molar-refractivity contribution in [2.75, 3.05) is 10.6 Å². The zero-order valence-corrected chi connectivity index (χ0v) is 19.9. The number of anilines is 3. The molecule has 0 aliphatic heterocycles. The number of imidazole rings is 1. The molecule has 1 unspecified atom stereocenters. The summed E-state index contributed by atoms with van der Waals surface area (Å²) >= 11 is 0. The van der Waals surface area contributed by atoms with Crippen LogP contribution in [0.25, 0.3) is 28.1 Å². The number of aliphatic hydroxyl groups is 1. The Hall–Kier alpha value is -4.44. The molecule has 6 rings (SSSR count). The number of aliphatic hydroxyl groups excluding tert-OH is 1. The number of fused-ring (bicyclic) bond motifs is 1. The SMILES string of the molecule is Cc1ccc(Nc2ccc3c(c2)ncn3-c2ccc(C(C)O)c(-c3cncnc3NC3CC3)n2)nn1. The number of nitrogens with one attached hydrogen (secondary N) is 2. The van der Waals surface area contributed by atoms with Gasteiger partial charge in [-0.05, 0) is 63.1 Å². The highest BCUT2D eigenvalue weighted by molar-refractivity contribution is 5.82. The van der Waals surface area contributed by atoms with Crippen molar-refractivity contribution in [1.29, 1.82) is 0 Å². The van der Waals surface area contributed by atoms with E-state index in [1.54, 1.807) is 19.4 Å². The van der Waals surface area contributed by atoms with Gasteiger partial charge in [0, 0.05) is 23.5 Å². The van der Waals surface area contributed by atoms with E-state index < -0.39 is 6.10 Å². The van der Waals surface area contributed by atoms with E-state index in [-0.39, 0.29) is 0 Å². The molecule has 180 valence electrons. The largest absolute Gasteiger partial charge is 0.389 e. The topological polar surface area (TPSA) is 127 Å². The lowest BCUT2D eigenvalue weighted by molar-refractivity contribution is 0.199. The number of nitrogens with zero attached hydrogens (tertiary/aromatic N) is 7. The fourth-order valence-corrected chi connectivity index (χ4v) is 4.07. The van der Waals surface area contributed by atoms with Crippen LogP contribution in [0.5, 0.6) is 0 Å². The molecule has 0 amide bonds. The molecule has 10 heteroatoms. The van der Waals surface area contributed by atoms with Gasteiger partial charge >= 0.3 is 0 Å². The van der Waals surface area contributed by atoms with Crippen LogP contribution in [0.2, 0.25) is 0 Å². The molecule has 5 aromatic rings. The fourth-order valence-electron chi connectivity index (χ4n) is 4.07. The summed E-state index contributed by atoms with van der Waals surface area (Å²) in [5, 5.41) is 25.4. The molecule has 4 aromatic heterocycles. The Balaban J connectivity index is 1.38. The lowest BCUT2D eigenvalue weighted by Gasteiger charge is -2.16. The van der Waals surface area contributed by atoms with Crippen LogP contribution < -0.4 is 10.6 Å². The Morgan fingerprint density at radius 2 is 1.94 bits per heavy atom. The molecule has 3 N–H and O–H groups in total. The molecule has 10 nitrogen and oxygen atoms in total. The first-order valence-electron chi connectivity index (χ1n) is 11.9. The van der Waals surface area contributed by atoms with E-state index in [4.69, 9.17) is 4.98 Å². The molecule has 1 aliphatic carbocycles. The van der Waals surface area contributed by atoms with Gasteiger partial charge in [-0.15, -0.1) is 5.10 Å². The predicted octanol–water partition coefficient (Wildman–Crippen LogP) is 4.35. The molecule has 0 spiro atoms. The molecule has 1 fully saturated rings. The first kappa shape index (κ1) is 22.1. The second-order valence-electron chi connectivity index (χ2n) is 8.99. The molecule has 4 heterocycles. The highest BCUT2D eigenvalue weighted by Crippen LogP contribution is 2.34. The summed E-state index contributed by atoms with van der Waals surface area (Å²) in [5.41, 5.74) is 5.55. The Kier molecular flexibility index (Phi) is 5.49. The standard InChI is InChI=1S/C26H25N9O/c1-15-3-9-23(34-33-15)30-18-6-8-22-21(11-18)29-14-35(22)24-10-7-19(16(2)36)25(32-24)20-12-27-13-28-26(20)31-17-4-5-17/h3,6-14,16-17,36H,4-5H2,1-2H3,(H,30,34)(H,27,28,31). The van der Waals surface area contributed by atoms with Gasteiger partial charge in [0.1, 0.15) is 24.3 Å². The summed E-state index contributed by atoms with van der Waals surface area (Å²) in [6.45, 7) is 3.63. The molecule has 1 aliphatic rings. The Morgan fingerprint density at radius 1 is 1.06 bits per heavy atom. The minimum absolute atomic E-state index is 0.420. The highest BCUT2D eigenvalue weighted by atomic mass is 16.3. The lowest BCUT2D eigenvalue weighted by Crippen LogP contribution is -2.08. The van der Waals surface area contributed by atoms with Crippen LogP contribution in [0.15, 0.2) is 61.3 Å². The number of aryl methyl sites for hydroxylation is 1. The van der Waals surface area contributed by atoms with Crippen molar-refractivity contribution < 1.29 is 5.11 Å². The second-order valence-corrected chi connectivity index (χ2v) is 8.99. The molecule has 36 heavy (non-hydrogen) atoms. The summed E-state index contributed by atoms with van der Waals surface area (Å²) in [6.07, 6.45) is 6.56. The number of rotatable bonds is 7. The van der Waals surface area contributed by atoms with Gasteiger partial charge in [-0.1, -0.05) is 6.07 Å². The van der Waals surface area contributed by atoms with Crippen LogP contribution in [0.3, 0.4) is 0 Å². The number of aromatic nitrogens is 7. The molecular formula is C26H25N9O. The van der Waals surface area contributed by atoms with Gasteiger partial charge in [0.2, 0.25) is 0 Å². The average Bonchev–Trinajstić information content (AvgIpc) is 3.61. The van der Waals surface area contributed by atoms with Crippen LogP contribution >= 0.6 is 0 Å². The first-order valence-corrected chi connectivity index (χ1v) is 11.9. The van der Waals surface area contributed by atoms with Crippen molar-refractivity contribution in [3.8, 4) is 17.1 Å². The zero-order valence-electron chi connectivity index (χ0n) is 19.9. The third-order valence-corrected chi connectivity index (χ3v) is 6.11. The molecule has 0 bridgehead atoms. The summed E-state index contributed by atoms with van der Waals surface area (Å²) in [6, 6.07) is 13.9. The van der Waals surface area contributed by atoms with Crippen LogP contribution in [0, 0.1) is 6.92 Å². The Bertz CT molecular complexity index is 1540. The summed E-state index contributed by atoms with van der Waals surface area (Å²) in [7, 11) is 0. The van der Waals surface area contributed by atoms with Gasteiger partial charge in [0.15, 0.2) is 5.82 Å². The van der Waals surface area contributed by atoms with Gasteiger partial charge in [-0.3, -0.25) is 4.57 Å². The number of hydrogen-bond donors (Lipinski definition) is 3. The molecular weight excluding hydrogens is 454 g/mol. The fraction of sp³-hybridized carbons (Fsp3) is 0.231. The third-order valence-electron chi connectivity index (χ3n) is 6.11. The van der Waals surface area contributed by atoms with E-state index in [1.807, 2.05) is 54.0 Å². The van der Waals surface area contributed by atoms with E-state index in [0.717, 1.165) is 46.6 Å². The van der Waals surface area contributed by atoms with Crippen molar-refractivity contribution in [3.63, 3.8) is 0 Å². The van der Waals surface area contributed by atoms with E-state index >= 15 is 0 Å². The monoisotopic (exact) mass is 479 g/mol. The third kappa shape index (κ3) is 4.34. The molecule has 0 saturated heterocycles. The van der Waals surface area contributed by atoms with Gasteiger partial charge in [-0.2, -0.15) is 5.10 Å². The van der Waals surface area contributed by atoms with Crippen LogP contribution in [-0.2, 0) is 0 Å². The van der Waals surface area contributed by atoms with E-state index in [1.165, 1.54) is 6.33 Å². The average molecular weight is 480 g/mol. The smallest absolute Gasteiger partial charge is 0.153 e. The predicted molar refractivity (Wildman–Crippen MR) is 137 cm³/mol. The summed E-state index contributed by atoms with van der Waals surface area (Å²) in [5.74, 6) is 2.08. The maximum absolute atomic E-state index is 10.5. The van der Waals surface area contributed by atoms with Crippen molar-refractivity contribution >= 4 is 28.4 Å². The molecule has 1 aromatic carbocycles. The summed E-state index contributed by atoms with van der Waals surface area (Å²) < 4.78 is 1.93. The first-order chi connectivity index (χ1) is 17.5. The lowest BCUT2D eigenvalue weighted by atomic mass is 10.0. The molecule has 1 atom stereocenters. The van der Waals surface area contributed by atoms with Crippen LogP contribution in [0.1, 0.15) is 37.1 Å².